The lowest BCUT2D eigenvalue weighted by atomic mass is 9.97. The van der Waals surface area contributed by atoms with E-state index in [9.17, 15) is 8.42 Å². The van der Waals surface area contributed by atoms with Crippen molar-refractivity contribution < 1.29 is 8.42 Å². The van der Waals surface area contributed by atoms with Gasteiger partial charge in [0, 0.05) is 32.7 Å². The Labute approximate surface area is 171 Å². The Bertz CT molecular complexity index is 727. The van der Waals surface area contributed by atoms with Gasteiger partial charge in [-0.3, -0.25) is 0 Å². The molecule has 0 radical (unpaired) electrons. The van der Waals surface area contributed by atoms with Crippen LogP contribution in [0.1, 0.15) is 35.1 Å². The number of piperazine rings is 1. The molecule has 2 aliphatic rings. The van der Waals surface area contributed by atoms with Crippen molar-refractivity contribution in [2.24, 2.45) is 5.92 Å². The zero-order chi connectivity index (χ0) is 18.9. The van der Waals surface area contributed by atoms with Crippen LogP contribution < -0.4 is 5.32 Å². The van der Waals surface area contributed by atoms with Crippen molar-refractivity contribution in [3.63, 3.8) is 0 Å². The molecule has 154 valence electrons. The highest BCUT2D eigenvalue weighted by atomic mass is 35.5. The van der Waals surface area contributed by atoms with Crippen LogP contribution in [0.2, 0.25) is 0 Å². The van der Waals surface area contributed by atoms with Gasteiger partial charge in [-0.25, -0.2) is 8.42 Å². The number of aryl methyl sites for hydroxylation is 2. The lowest BCUT2D eigenvalue weighted by molar-refractivity contribution is 0.152. The van der Waals surface area contributed by atoms with E-state index in [0.717, 1.165) is 60.9 Å². The van der Waals surface area contributed by atoms with Gasteiger partial charge >= 0.3 is 0 Å². The van der Waals surface area contributed by atoms with Gasteiger partial charge in [0.05, 0.1) is 4.90 Å². The van der Waals surface area contributed by atoms with Crippen LogP contribution in [0, 0.1) is 33.6 Å². The largest absolute Gasteiger partial charge is 0.317 e. The molecule has 0 aliphatic carbocycles. The van der Waals surface area contributed by atoms with Gasteiger partial charge in [0.1, 0.15) is 0 Å². The first-order valence-electron chi connectivity index (χ1n) is 9.81. The highest BCUT2D eigenvalue weighted by Crippen LogP contribution is 2.29. The third-order valence-corrected chi connectivity index (χ3v) is 8.37. The Morgan fingerprint density at radius 1 is 0.963 bits per heavy atom. The molecule has 0 amide bonds. The van der Waals surface area contributed by atoms with Gasteiger partial charge in [-0.05, 0) is 81.8 Å². The van der Waals surface area contributed by atoms with E-state index < -0.39 is 10.0 Å². The predicted molar refractivity (Wildman–Crippen MR) is 113 cm³/mol. The van der Waals surface area contributed by atoms with Gasteiger partial charge in [-0.15, -0.1) is 12.4 Å². The maximum atomic E-state index is 13.3. The molecule has 0 spiro atoms. The Balaban J connectivity index is 0.00000261. The molecule has 1 N–H and O–H groups in total. The van der Waals surface area contributed by atoms with Crippen molar-refractivity contribution >= 4 is 22.4 Å². The fraction of sp³-hybridized carbons (Fsp3) is 0.700. The quantitative estimate of drug-likeness (QED) is 0.821. The summed E-state index contributed by atoms with van der Waals surface area (Å²) in [5.41, 5.74) is 3.89. The summed E-state index contributed by atoms with van der Waals surface area (Å²) >= 11 is 0. The van der Waals surface area contributed by atoms with Crippen LogP contribution in [0.15, 0.2) is 11.0 Å². The monoisotopic (exact) mass is 415 g/mol. The van der Waals surface area contributed by atoms with Gasteiger partial charge in [0.15, 0.2) is 0 Å². The third-order valence-electron chi connectivity index (χ3n) is 6.20. The minimum absolute atomic E-state index is 0. The van der Waals surface area contributed by atoms with Gasteiger partial charge < -0.3 is 10.2 Å². The molecule has 2 fully saturated rings. The Morgan fingerprint density at radius 3 is 2.00 bits per heavy atom. The van der Waals surface area contributed by atoms with Crippen LogP contribution in [-0.4, -0.2) is 63.4 Å². The fourth-order valence-corrected chi connectivity index (χ4v) is 6.28. The average Bonchev–Trinajstić information content (AvgIpc) is 2.61. The van der Waals surface area contributed by atoms with Crippen LogP contribution in [-0.2, 0) is 10.0 Å². The van der Waals surface area contributed by atoms with E-state index in [4.69, 9.17) is 0 Å². The molecule has 1 aromatic rings. The highest BCUT2D eigenvalue weighted by Gasteiger charge is 2.32. The minimum Gasteiger partial charge on any atom is -0.317 e. The van der Waals surface area contributed by atoms with E-state index in [1.54, 1.807) is 4.31 Å². The molecule has 2 saturated heterocycles. The topological polar surface area (TPSA) is 52.7 Å². The molecule has 0 unspecified atom stereocenters. The lowest BCUT2D eigenvalue weighted by Crippen LogP contribution is -2.50. The lowest BCUT2D eigenvalue weighted by Gasteiger charge is -2.37. The first-order chi connectivity index (χ1) is 12.3. The van der Waals surface area contributed by atoms with Crippen LogP contribution in [0.25, 0.3) is 0 Å². The Hall–Kier alpha value is -0.660. The van der Waals surface area contributed by atoms with Crippen molar-refractivity contribution in [1.82, 2.24) is 14.5 Å². The van der Waals surface area contributed by atoms with Crippen LogP contribution in [0.4, 0.5) is 0 Å². The normalized spacial score (nSPS) is 20.4. The number of benzene rings is 1. The Morgan fingerprint density at radius 2 is 1.48 bits per heavy atom. The van der Waals surface area contributed by atoms with Crippen molar-refractivity contribution in [2.75, 3.05) is 45.8 Å². The zero-order valence-corrected chi connectivity index (χ0v) is 18.7. The average molecular weight is 416 g/mol. The first kappa shape index (κ1) is 22.6. The predicted octanol–water partition coefficient (Wildman–Crippen LogP) is 2.65. The zero-order valence-electron chi connectivity index (χ0n) is 17.0. The van der Waals surface area contributed by atoms with Gasteiger partial charge in [0.2, 0.25) is 10.0 Å². The first-order valence-corrected chi connectivity index (χ1v) is 11.3. The van der Waals surface area contributed by atoms with Crippen LogP contribution >= 0.6 is 12.4 Å². The van der Waals surface area contributed by atoms with Crippen molar-refractivity contribution in [1.29, 1.82) is 0 Å². The second-order valence-electron chi connectivity index (χ2n) is 7.99. The molecule has 2 aliphatic heterocycles. The van der Waals surface area contributed by atoms with E-state index in [1.165, 1.54) is 12.8 Å². The maximum absolute atomic E-state index is 13.3. The maximum Gasteiger partial charge on any atom is 0.243 e. The Kier molecular flexibility index (Phi) is 7.73. The van der Waals surface area contributed by atoms with Crippen molar-refractivity contribution in [3.8, 4) is 0 Å². The number of piperidine rings is 1. The second kappa shape index (κ2) is 9.23. The van der Waals surface area contributed by atoms with Gasteiger partial charge in [0.25, 0.3) is 0 Å². The minimum atomic E-state index is -3.43. The van der Waals surface area contributed by atoms with Crippen molar-refractivity contribution in [3.05, 3.63) is 28.3 Å². The molecular weight excluding hydrogens is 382 g/mol. The molecule has 0 aromatic heterocycles. The van der Waals surface area contributed by atoms with Crippen molar-refractivity contribution in [2.45, 2.75) is 45.4 Å². The summed E-state index contributed by atoms with van der Waals surface area (Å²) in [6.07, 6.45) is 2.47. The molecule has 1 aromatic carbocycles. The van der Waals surface area contributed by atoms with Gasteiger partial charge in [-0.2, -0.15) is 4.31 Å². The van der Waals surface area contributed by atoms with Gasteiger partial charge in [-0.1, -0.05) is 6.07 Å². The second-order valence-corrected chi connectivity index (χ2v) is 9.86. The van der Waals surface area contributed by atoms with E-state index in [2.05, 4.69) is 16.3 Å². The standard InChI is InChI=1S/C20H33N3O2S.ClH/c1-15-13-16(2)18(4)20(17(15)3)26(24,25)23-11-9-22(10-12-23)14-19-5-7-21-8-6-19;/h13,19,21H,5-12,14H2,1-4H3;1H. The number of nitrogens with zero attached hydrogens (tertiary/aromatic N) is 2. The van der Waals surface area contributed by atoms with E-state index in [-0.39, 0.29) is 12.4 Å². The number of sulfonamides is 1. The third kappa shape index (κ3) is 4.85. The fourth-order valence-electron chi connectivity index (χ4n) is 4.28. The summed E-state index contributed by atoms with van der Waals surface area (Å²) in [5, 5.41) is 3.41. The summed E-state index contributed by atoms with van der Waals surface area (Å²) in [7, 11) is -3.43. The molecule has 3 rings (SSSR count). The molecule has 27 heavy (non-hydrogen) atoms. The molecule has 0 bridgehead atoms. The van der Waals surface area contributed by atoms with E-state index in [1.807, 2.05) is 27.7 Å². The molecule has 2 heterocycles. The number of rotatable bonds is 4. The SMILES string of the molecule is Cc1cc(C)c(C)c(S(=O)(=O)N2CCN(CC3CCNCC3)CC2)c1C.Cl. The molecular formula is C20H34ClN3O2S. The molecule has 0 atom stereocenters. The summed E-state index contributed by atoms with van der Waals surface area (Å²) in [6, 6.07) is 2.08. The summed E-state index contributed by atoms with van der Waals surface area (Å²) < 4.78 is 28.4. The number of hydrogen-bond acceptors (Lipinski definition) is 4. The van der Waals surface area contributed by atoms with Crippen LogP contribution in [0.3, 0.4) is 0 Å². The highest BCUT2D eigenvalue weighted by molar-refractivity contribution is 7.89. The van der Waals surface area contributed by atoms with E-state index >= 15 is 0 Å². The summed E-state index contributed by atoms with van der Waals surface area (Å²) in [5.74, 6) is 0.753. The van der Waals surface area contributed by atoms with E-state index in [0.29, 0.717) is 18.0 Å². The molecule has 7 heteroatoms. The summed E-state index contributed by atoms with van der Waals surface area (Å²) in [6.45, 7) is 14.1. The number of nitrogens with one attached hydrogen (secondary N) is 1. The summed E-state index contributed by atoms with van der Waals surface area (Å²) in [4.78, 5) is 2.98. The molecule has 0 saturated carbocycles. The molecule has 5 nitrogen and oxygen atoms in total. The van der Waals surface area contributed by atoms with Crippen LogP contribution in [0.5, 0.6) is 0 Å². The number of halogens is 1. The smallest absolute Gasteiger partial charge is 0.243 e. The number of hydrogen-bond donors (Lipinski definition) is 1.